The van der Waals surface area contributed by atoms with Gasteiger partial charge in [0.05, 0.1) is 0 Å². The molecular formula is C26H46. The van der Waals surface area contributed by atoms with E-state index in [9.17, 15) is 0 Å². The number of rotatable bonds is 12. The molecule has 2 rings (SSSR count). The fraction of sp³-hybridized carbons (Fsp3) is 0.846. The van der Waals surface area contributed by atoms with E-state index in [1.807, 2.05) is 0 Å². The van der Waals surface area contributed by atoms with Crippen molar-refractivity contribution in [3.05, 3.63) is 24.3 Å². The third kappa shape index (κ3) is 8.45. The van der Waals surface area contributed by atoms with Crippen LogP contribution in [0.1, 0.15) is 122 Å². The van der Waals surface area contributed by atoms with Crippen molar-refractivity contribution in [3.63, 3.8) is 0 Å². The highest BCUT2D eigenvalue weighted by Crippen LogP contribution is 2.37. The molecule has 0 radical (unpaired) electrons. The molecular weight excluding hydrogens is 312 g/mol. The van der Waals surface area contributed by atoms with Crippen LogP contribution in [0.5, 0.6) is 0 Å². The SMILES string of the molecule is C=C(CCCC(=C)CCC1CCCCC1CCC)CCC1CCCCC1. The van der Waals surface area contributed by atoms with Gasteiger partial charge in [-0.3, -0.25) is 0 Å². The van der Waals surface area contributed by atoms with Crippen molar-refractivity contribution in [1.82, 2.24) is 0 Å². The number of hydrogen-bond donors (Lipinski definition) is 0. The lowest BCUT2D eigenvalue weighted by atomic mass is 9.74. The summed E-state index contributed by atoms with van der Waals surface area (Å²) in [7, 11) is 0. The molecule has 150 valence electrons. The summed E-state index contributed by atoms with van der Waals surface area (Å²) in [5.41, 5.74) is 3.00. The van der Waals surface area contributed by atoms with E-state index in [0.717, 1.165) is 17.8 Å². The summed E-state index contributed by atoms with van der Waals surface area (Å²) in [6.07, 6.45) is 25.2. The molecule has 2 aliphatic rings. The van der Waals surface area contributed by atoms with Crippen LogP contribution in [-0.2, 0) is 0 Å². The van der Waals surface area contributed by atoms with Crippen LogP contribution in [0, 0.1) is 17.8 Å². The average molecular weight is 359 g/mol. The van der Waals surface area contributed by atoms with Crippen molar-refractivity contribution < 1.29 is 0 Å². The first-order valence-corrected chi connectivity index (χ1v) is 12.0. The lowest BCUT2D eigenvalue weighted by Gasteiger charge is -2.31. The molecule has 0 saturated heterocycles. The van der Waals surface area contributed by atoms with E-state index in [0.29, 0.717) is 0 Å². The first-order chi connectivity index (χ1) is 12.7. The maximum absolute atomic E-state index is 4.40. The van der Waals surface area contributed by atoms with Crippen molar-refractivity contribution in [2.24, 2.45) is 17.8 Å². The molecule has 0 nitrogen and oxygen atoms in total. The summed E-state index contributed by atoms with van der Waals surface area (Å²) in [6, 6.07) is 0. The zero-order chi connectivity index (χ0) is 18.6. The van der Waals surface area contributed by atoms with Crippen LogP contribution in [-0.4, -0.2) is 0 Å². The molecule has 2 unspecified atom stereocenters. The van der Waals surface area contributed by atoms with E-state index in [2.05, 4.69) is 20.1 Å². The predicted octanol–water partition coefficient (Wildman–Crippen LogP) is 9.02. The minimum atomic E-state index is 0.992. The van der Waals surface area contributed by atoms with Crippen molar-refractivity contribution in [2.45, 2.75) is 122 Å². The quantitative estimate of drug-likeness (QED) is 0.305. The minimum absolute atomic E-state index is 0.992. The van der Waals surface area contributed by atoms with Crippen LogP contribution in [0.25, 0.3) is 0 Å². The van der Waals surface area contributed by atoms with Gasteiger partial charge < -0.3 is 0 Å². The van der Waals surface area contributed by atoms with Gasteiger partial charge in [0.2, 0.25) is 0 Å². The Hall–Kier alpha value is -0.520. The second-order valence-electron chi connectivity index (χ2n) is 9.53. The summed E-state index contributed by atoms with van der Waals surface area (Å²) >= 11 is 0. The summed E-state index contributed by atoms with van der Waals surface area (Å²) in [6.45, 7) is 11.1. The number of allylic oxidation sites excluding steroid dienone is 2. The maximum Gasteiger partial charge on any atom is -0.0320 e. The third-order valence-electron chi connectivity index (χ3n) is 7.29. The van der Waals surface area contributed by atoms with Gasteiger partial charge in [0.15, 0.2) is 0 Å². The fourth-order valence-corrected chi connectivity index (χ4v) is 5.53. The summed E-state index contributed by atoms with van der Waals surface area (Å²) < 4.78 is 0. The molecule has 0 N–H and O–H groups in total. The van der Waals surface area contributed by atoms with E-state index in [-0.39, 0.29) is 0 Å². The molecule has 0 aliphatic heterocycles. The van der Waals surface area contributed by atoms with Crippen molar-refractivity contribution in [3.8, 4) is 0 Å². The van der Waals surface area contributed by atoms with Gasteiger partial charge in [0, 0.05) is 0 Å². The Bertz CT molecular complexity index is 396. The molecule has 26 heavy (non-hydrogen) atoms. The van der Waals surface area contributed by atoms with E-state index < -0.39 is 0 Å². The summed E-state index contributed by atoms with van der Waals surface area (Å²) in [5, 5.41) is 0. The Morgan fingerprint density at radius 2 is 1.19 bits per heavy atom. The zero-order valence-electron chi connectivity index (χ0n) is 17.9. The Morgan fingerprint density at radius 1 is 0.654 bits per heavy atom. The van der Waals surface area contributed by atoms with Gasteiger partial charge in [-0.05, 0) is 62.7 Å². The van der Waals surface area contributed by atoms with E-state index in [4.69, 9.17) is 0 Å². The molecule has 2 fully saturated rings. The third-order valence-corrected chi connectivity index (χ3v) is 7.29. The topological polar surface area (TPSA) is 0 Å². The zero-order valence-corrected chi connectivity index (χ0v) is 17.9. The van der Waals surface area contributed by atoms with Gasteiger partial charge in [-0.15, -0.1) is 0 Å². The van der Waals surface area contributed by atoms with Gasteiger partial charge in [-0.2, -0.15) is 0 Å². The lowest BCUT2D eigenvalue weighted by Crippen LogP contribution is -2.19. The summed E-state index contributed by atoms with van der Waals surface area (Å²) in [5.74, 6) is 3.01. The normalized spacial score (nSPS) is 24.5. The predicted molar refractivity (Wildman–Crippen MR) is 118 cm³/mol. The second kappa shape index (κ2) is 12.8. The molecule has 2 atom stereocenters. The van der Waals surface area contributed by atoms with Gasteiger partial charge in [-0.25, -0.2) is 0 Å². The second-order valence-corrected chi connectivity index (χ2v) is 9.53. The first kappa shape index (κ1) is 21.8. The highest BCUT2D eigenvalue weighted by Gasteiger charge is 2.23. The Kier molecular flexibility index (Phi) is 10.7. The Morgan fingerprint density at radius 3 is 1.81 bits per heavy atom. The molecule has 0 aromatic carbocycles. The molecule has 2 aliphatic carbocycles. The monoisotopic (exact) mass is 358 g/mol. The fourth-order valence-electron chi connectivity index (χ4n) is 5.53. The smallest absolute Gasteiger partial charge is 0.0320 e. The van der Waals surface area contributed by atoms with Gasteiger partial charge >= 0.3 is 0 Å². The van der Waals surface area contributed by atoms with E-state index >= 15 is 0 Å². The van der Waals surface area contributed by atoms with Crippen LogP contribution < -0.4 is 0 Å². The average Bonchev–Trinajstić information content (AvgIpc) is 2.67. The maximum atomic E-state index is 4.40. The van der Waals surface area contributed by atoms with Crippen LogP contribution in [0.2, 0.25) is 0 Å². The van der Waals surface area contributed by atoms with Gasteiger partial charge in [0.25, 0.3) is 0 Å². The molecule has 0 bridgehead atoms. The molecule has 0 heteroatoms. The molecule has 0 amide bonds. The minimum Gasteiger partial charge on any atom is -0.0999 e. The van der Waals surface area contributed by atoms with Gasteiger partial charge in [-0.1, -0.05) is 102 Å². The van der Waals surface area contributed by atoms with Crippen molar-refractivity contribution >= 4 is 0 Å². The molecule has 0 aromatic heterocycles. The highest BCUT2D eigenvalue weighted by atomic mass is 14.3. The van der Waals surface area contributed by atoms with E-state index in [1.54, 1.807) is 0 Å². The van der Waals surface area contributed by atoms with Crippen LogP contribution in [0.15, 0.2) is 24.3 Å². The van der Waals surface area contributed by atoms with Crippen LogP contribution in [0.3, 0.4) is 0 Å². The summed E-state index contributed by atoms with van der Waals surface area (Å²) in [4.78, 5) is 0. The molecule has 0 spiro atoms. The molecule has 2 saturated carbocycles. The lowest BCUT2D eigenvalue weighted by molar-refractivity contribution is 0.210. The van der Waals surface area contributed by atoms with Crippen LogP contribution >= 0.6 is 0 Å². The molecule has 0 heterocycles. The van der Waals surface area contributed by atoms with Crippen molar-refractivity contribution in [1.29, 1.82) is 0 Å². The number of hydrogen-bond acceptors (Lipinski definition) is 0. The Balaban J connectivity index is 1.53. The standard InChI is InChI=1S/C26H46/c1-4-11-25-16-8-9-17-26(25)21-19-23(3)13-10-12-22(2)18-20-24-14-6-5-7-15-24/h24-26H,2-21H2,1H3. The first-order valence-electron chi connectivity index (χ1n) is 12.0. The highest BCUT2D eigenvalue weighted by molar-refractivity contribution is 4.99. The Labute approximate surface area is 164 Å². The van der Waals surface area contributed by atoms with Crippen LogP contribution in [0.4, 0.5) is 0 Å². The van der Waals surface area contributed by atoms with E-state index in [1.165, 1.54) is 127 Å². The van der Waals surface area contributed by atoms with Gasteiger partial charge in [0.1, 0.15) is 0 Å². The molecule has 0 aromatic rings. The van der Waals surface area contributed by atoms with Crippen molar-refractivity contribution in [2.75, 3.05) is 0 Å². The largest absolute Gasteiger partial charge is 0.0999 e.